The molecule has 1 amide bonds. The van der Waals surface area contributed by atoms with Crippen molar-refractivity contribution in [1.29, 1.82) is 0 Å². The van der Waals surface area contributed by atoms with Gasteiger partial charge in [0.1, 0.15) is 0 Å². The summed E-state index contributed by atoms with van der Waals surface area (Å²) in [6, 6.07) is 9.99. The van der Waals surface area contributed by atoms with E-state index < -0.39 is 15.9 Å². The summed E-state index contributed by atoms with van der Waals surface area (Å²) < 4.78 is 48.8. The fourth-order valence-corrected chi connectivity index (χ4v) is 5.43. The van der Waals surface area contributed by atoms with Crippen LogP contribution in [0.3, 0.4) is 0 Å². The number of hydrogen-bond donors (Lipinski definition) is 1. The second kappa shape index (κ2) is 9.25. The molecule has 32 heavy (non-hydrogen) atoms. The quantitative estimate of drug-likeness (QED) is 0.672. The van der Waals surface area contributed by atoms with Gasteiger partial charge in [0.25, 0.3) is 0 Å². The second-order valence-corrected chi connectivity index (χ2v) is 9.56. The summed E-state index contributed by atoms with van der Waals surface area (Å²) in [5.74, 6) is 1.53. The van der Waals surface area contributed by atoms with E-state index in [1.165, 1.54) is 30.7 Å². The van der Waals surface area contributed by atoms with Crippen molar-refractivity contribution < 1.29 is 32.2 Å². The van der Waals surface area contributed by atoms with E-state index in [1.54, 1.807) is 6.07 Å². The van der Waals surface area contributed by atoms with Gasteiger partial charge in [0.05, 0.1) is 25.0 Å². The van der Waals surface area contributed by atoms with Crippen molar-refractivity contribution in [2.75, 3.05) is 34.1 Å². The Balaban J connectivity index is 1.41. The zero-order chi connectivity index (χ0) is 22.7. The first-order valence-corrected chi connectivity index (χ1v) is 11.7. The van der Waals surface area contributed by atoms with Crippen LogP contribution >= 0.6 is 0 Å². The number of carbonyl (C=O) groups is 1. The maximum atomic E-state index is 13.2. The van der Waals surface area contributed by atoms with Crippen molar-refractivity contribution in [2.24, 2.45) is 5.92 Å². The summed E-state index contributed by atoms with van der Waals surface area (Å²) in [6.45, 7) is 1.01. The maximum absolute atomic E-state index is 13.2. The Hall–Kier alpha value is -2.98. The van der Waals surface area contributed by atoms with Crippen LogP contribution in [-0.4, -0.2) is 52.7 Å². The lowest BCUT2D eigenvalue weighted by Crippen LogP contribution is -2.45. The molecule has 2 aliphatic heterocycles. The van der Waals surface area contributed by atoms with Gasteiger partial charge >= 0.3 is 0 Å². The van der Waals surface area contributed by atoms with Crippen LogP contribution < -0.4 is 24.3 Å². The number of carbonyl (C=O) groups excluding carboxylic acids is 1. The molecule has 2 aromatic rings. The molecular weight excluding hydrogens is 436 g/mol. The lowest BCUT2D eigenvalue weighted by Gasteiger charge is -2.31. The van der Waals surface area contributed by atoms with Crippen molar-refractivity contribution in [1.82, 2.24) is 9.62 Å². The van der Waals surface area contributed by atoms with Gasteiger partial charge in [-0.2, -0.15) is 4.31 Å². The molecule has 4 rings (SSSR count). The molecule has 1 atom stereocenters. The molecule has 9 nitrogen and oxygen atoms in total. The fourth-order valence-electron chi connectivity index (χ4n) is 3.89. The normalized spacial score (nSPS) is 18.2. The van der Waals surface area contributed by atoms with Gasteiger partial charge in [0.2, 0.25) is 22.7 Å². The van der Waals surface area contributed by atoms with Crippen LogP contribution in [0.1, 0.15) is 18.4 Å². The third-order valence-electron chi connectivity index (χ3n) is 5.65. The highest BCUT2D eigenvalue weighted by Gasteiger charge is 2.33. The number of nitrogens with one attached hydrogen (secondary N) is 1. The van der Waals surface area contributed by atoms with E-state index in [9.17, 15) is 13.2 Å². The first kappa shape index (κ1) is 22.2. The Labute approximate surface area is 187 Å². The molecule has 1 fully saturated rings. The maximum Gasteiger partial charge on any atom is 0.243 e. The van der Waals surface area contributed by atoms with E-state index in [0.717, 1.165) is 5.56 Å². The van der Waals surface area contributed by atoms with Gasteiger partial charge in [-0.05, 0) is 42.7 Å². The number of amides is 1. The number of hydrogen-bond acceptors (Lipinski definition) is 7. The topological polar surface area (TPSA) is 103 Å². The molecule has 0 radical (unpaired) electrons. The first-order valence-electron chi connectivity index (χ1n) is 10.3. The number of piperidine rings is 1. The lowest BCUT2D eigenvalue weighted by atomic mass is 9.98. The minimum absolute atomic E-state index is 0.108. The van der Waals surface area contributed by atoms with Crippen LogP contribution in [0.5, 0.6) is 23.0 Å². The molecule has 1 N–H and O–H groups in total. The summed E-state index contributed by atoms with van der Waals surface area (Å²) in [4.78, 5) is 12.9. The zero-order valence-corrected chi connectivity index (χ0v) is 18.8. The number of methoxy groups -OCH3 is 2. The zero-order valence-electron chi connectivity index (χ0n) is 18.0. The van der Waals surface area contributed by atoms with Crippen molar-refractivity contribution in [3.8, 4) is 23.0 Å². The van der Waals surface area contributed by atoms with Gasteiger partial charge in [-0.15, -0.1) is 0 Å². The van der Waals surface area contributed by atoms with Crippen LogP contribution in [0, 0.1) is 5.92 Å². The average Bonchev–Trinajstić information content (AvgIpc) is 3.30. The summed E-state index contributed by atoms with van der Waals surface area (Å²) in [6.07, 6.45) is 1.24. The minimum atomic E-state index is -3.77. The fraction of sp³-hybridized carbons (Fsp3) is 0.409. The van der Waals surface area contributed by atoms with Gasteiger partial charge in [0, 0.05) is 25.7 Å². The Bertz CT molecular complexity index is 1100. The van der Waals surface area contributed by atoms with Gasteiger partial charge in [-0.1, -0.05) is 6.07 Å². The molecule has 2 heterocycles. The largest absolute Gasteiger partial charge is 0.493 e. The van der Waals surface area contributed by atoms with Crippen LogP contribution in [0.15, 0.2) is 41.3 Å². The molecule has 0 aliphatic carbocycles. The van der Waals surface area contributed by atoms with Crippen LogP contribution in [-0.2, 0) is 21.4 Å². The molecular formula is C22H26N2O7S. The van der Waals surface area contributed by atoms with E-state index in [2.05, 4.69) is 5.32 Å². The monoisotopic (exact) mass is 462 g/mol. The SMILES string of the molecule is COc1ccc(S(=O)(=O)N2CCC[C@@H](C(=O)NCc3ccc4c(c3)OCO4)C2)cc1OC. The number of benzene rings is 2. The number of nitrogens with zero attached hydrogens (tertiary/aromatic N) is 1. The molecule has 1 saturated heterocycles. The third-order valence-corrected chi connectivity index (χ3v) is 7.51. The summed E-state index contributed by atoms with van der Waals surface area (Å²) in [7, 11) is -0.829. The van der Waals surface area contributed by atoms with Gasteiger partial charge in [0.15, 0.2) is 23.0 Å². The van der Waals surface area contributed by atoms with E-state index >= 15 is 0 Å². The Morgan fingerprint density at radius 1 is 1.09 bits per heavy atom. The first-order chi connectivity index (χ1) is 15.4. The predicted octanol–water partition coefficient (Wildman–Crippen LogP) is 2.15. The molecule has 2 aromatic carbocycles. The van der Waals surface area contributed by atoms with Crippen molar-refractivity contribution in [3.63, 3.8) is 0 Å². The van der Waals surface area contributed by atoms with Gasteiger partial charge in [-0.3, -0.25) is 4.79 Å². The highest BCUT2D eigenvalue weighted by atomic mass is 32.2. The van der Waals surface area contributed by atoms with Crippen molar-refractivity contribution in [3.05, 3.63) is 42.0 Å². The molecule has 0 aromatic heterocycles. The molecule has 0 saturated carbocycles. The molecule has 172 valence electrons. The third kappa shape index (κ3) is 4.46. The number of ether oxygens (including phenoxy) is 4. The summed E-state index contributed by atoms with van der Waals surface area (Å²) in [5, 5.41) is 2.91. The van der Waals surface area contributed by atoms with E-state index in [4.69, 9.17) is 18.9 Å². The molecule has 0 unspecified atom stereocenters. The molecule has 0 bridgehead atoms. The summed E-state index contributed by atoms with van der Waals surface area (Å²) >= 11 is 0. The van der Waals surface area contributed by atoms with Crippen molar-refractivity contribution >= 4 is 15.9 Å². The lowest BCUT2D eigenvalue weighted by molar-refractivity contribution is -0.126. The smallest absolute Gasteiger partial charge is 0.243 e. The van der Waals surface area contributed by atoms with Crippen molar-refractivity contribution in [2.45, 2.75) is 24.3 Å². The number of fused-ring (bicyclic) bond motifs is 1. The van der Waals surface area contributed by atoms with Crippen LogP contribution in [0.4, 0.5) is 0 Å². The number of sulfonamides is 1. The van der Waals surface area contributed by atoms with Gasteiger partial charge < -0.3 is 24.3 Å². The second-order valence-electron chi connectivity index (χ2n) is 7.62. The molecule has 10 heteroatoms. The standard InChI is InChI=1S/C22H26N2O7S/c1-28-18-8-6-17(11-20(18)29-2)32(26,27)24-9-3-4-16(13-24)22(25)23-12-15-5-7-19-21(10-15)31-14-30-19/h5-8,10-11,16H,3-4,9,12-14H2,1-2H3,(H,23,25)/t16-/m1/s1. The van der Waals surface area contributed by atoms with Crippen LogP contribution in [0.25, 0.3) is 0 Å². The summed E-state index contributed by atoms with van der Waals surface area (Å²) in [5.41, 5.74) is 0.883. The van der Waals surface area contributed by atoms with Crippen LogP contribution in [0.2, 0.25) is 0 Å². The highest BCUT2D eigenvalue weighted by Crippen LogP contribution is 2.33. The van der Waals surface area contributed by atoms with E-state index in [0.29, 0.717) is 48.9 Å². The predicted molar refractivity (Wildman–Crippen MR) is 115 cm³/mol. The Morgan fingerprint density at radius 2 is 1.88 bits per heavy atom. The molecule has 0 spiro atoms. The molecule has 2 aliphatic rings. The van der Waals surface area contributed by atoms with E-state index in [1.807, 2.05) is 18.2 Å². The Kier molecular flexibility index (Phi) is 6.43. The Morgan fingerprint density at radius 3 is 2.66 bits per heavy atom. The highest BCUT2D eigenvalue weighted by molar-refractivity contribution is 7.89. The van der Waals surface area contributed by atoms with Gasteiger partial charge in [-0.25, -0.2) is 8.42 Å². The average molecular weight is 463 g/mol. The minimum Gasteiger partial charge on any atom is -0.493 e. The van der Waals surface area contributed by atoms with E-state index in [-0.39, 0.29) is 24.1 Å². The number of rotatable bonds is 7.